The van der Waals surface area contributed by atoms with Gasteiger partial charge in [-0.3, -0.25) is 4.79 Å². The Morgan fingerprint density at radius 3 is 2.69 bits per heavy atom. The van der Waals surface area contributed by atoms with Gasteiger partial charge in [-0.1, -0.05) is 31.5 Å². The topological polar surface area (TPSA) is 43.1 Å². The van der Waals surface area contributed by atoms with Gasteiger partial charge in [0.2, 0.25) is 0 Å². The van der Waals surface area contributed by atoms with E-state index in [4.69, 9.17) is 5.73 Å². The first kappa shape index (κ1) is 12.9. The summed E-state index contributed by atoms with van der Waals surface area (Å²) in [4.78, 5) is 12.0. The van der Waals surface area contributed by atoms with Crippen molar-refractivity contribution in [1.29, 1.82) is 0 Å². The van der Waals surface area contributed by atoms with Gasteiger partial charge in [0.1, 0.15) is 0 Å². The van der Waals surface area contributed by atoms with Gasteiger partial charge in [0, 0.05) is 18.0 Å². The lowest BCUT2D eigenvalue weighted by atomic mass is 9.95. The summed E-state index contributed by atoms with van der Waals surface area (Å²) in [5.41, 5.74) is 8.96. The van der Waals surface area contributed by atoms with Crippen LogP contribution >= 0.6 is 0 Å². The van der Waals surface area contributed by atoms with Crippen molar-refractivity contribution >= 4 is 5.78 Å². The minimum atomic E-state index is -0.00240. The van der Waals surface area contributed by atoms with Crippen molar-refractivity contribution in [1.82, 2.24) is 0 Å². The number of rotatable bonds is 5. The van der Waals surface area contributed by atoms with Crippen LogP contribution in [0.3, 0.4) is 0 Å². The van der Waals surface area contributed by atoms with Crippen LogP contribution in [0, 0.1) is 13.8 Å². The van der Waals surface area contributed by atoms with E-state index < -0.39 is 0 Å². The highest BCUT2D eigenvalue weighted by Gasteiger charge is 2.13. The molecule has 0 saturated heterocycles. The molecule has 0 aromatic heterocycles. The maximum Gasteiger partial charge on any atom is 0.164 e. The monoisotopic (exact) mass is 219 g/mol. The summed E-state index contributed by atoms with van der Waals surface area (Å²) < 4.78 is 0. The molecule has 0 radical (unpaired) electrons. The Kier molecular flexibility index (Phi) is 4.69. The van der Waals surface area contributed by atoms with Crippen LogP contribution in [-0.4, -0.2) is 11.8 Å². The molecule has 88 valence electrons. The van der Waals surface area contributed by atoms with Crippen LogP contribution in [0.5, 0.6) is 0 Å². The average Bonchev–Trinajstić information content (AvgIpc) is 2.22. The molecule has 2 heteroatoms. The van der Waals surface area contributed by atoms with Crippen molar-refractivity contribution in [2.75, 3.05) is 0 Å². The highest BCUT2D eigenvalue weighted by atomic mass is 16.1. The van der Waals surface area contributed by atoms with E-state index in [-0.39, 0.29) is 11.8 Å². The lowest BCUT2D eigenvalue weighted by Gasteiger charge is -2.11. The summed E-state index contributed by atoms with van der Waals surface area (Å²) in [6, 6.07) is 5.85. The predicted octanol–water partition coefficient (Wildman–Crippen LogP) is 3.00. The molecule has 0 aliphatic carbocycles. The number of aryl methyl sites for hydroxylation is 1. The lowest BCUT2D eigenvalue weighted by molar-refractivity contribution is 0.0972. The molecule has 16 heavy (non-hydrogen) atoms. The van der Waals surface area contributed by atoms with E-state index in [1.807, 2.05) is 32.0 Å². The lowest BCUT2D eigenvalue weighted by Crippen LogP contribution is -2.23. The highest BCUT2D eigenvalue weighted by Crippen LogP contribution is 2.15. The smallest absolute Gasteiger partial charge is 0.164 e. The van der Waals surface area contributed by atoms with Crippen molar-refractivity contribution in [3.05, 3.63) is 34.9 Å². The maximum absolute atomic E-state index is 12.0. The molecule has 0 spiro atoms. The second-order valence-corrected chi connectivity index (χ2v) is 4.42. The second kappa shape index (κ2) is 5.80. The SMILES string of the molecule is CCCC(N)CC(=O)c1cccc(C)c1C. The predicted molar refractivity (Wildman–Crippen MR) is 67.7 cm³/mol. The first-order chi connectivity index (χ1) is 7.56. The molecule has 0 aliphatic rings. The number of ketones is 1. The molecular formula is C14H21NO. The van der Waals surface area contributed by atoms with Gasteiger partial charge in [-0.15, -0.1) is 0 Å². The molecule has 1 aromatic rings. The summed E-state index contributed by atoms with van der Waals surface area (Å²) in [5.74, 6) is 0.169. The van der Waals surface area contributed by atoms with Gasteiger partial charge in [-0.2, -0.15) is 0 Å². The minimum Gasteiger partial charge on any atom is -0.327 e. The number of nitrogens with two attached hydrogens (primary N) is 1. The Hall–Kier alpha value is -1.15. The summed E-state index contributed by atoms with van der Waals surface area (Å²) >= 11 is 0. The standard InChI is InChI=1S/C14H21NO/c1-4-6-12(15)9-14(16)13-8-5-7-10(2)11(13)3/h5,7-8,12H,4,6,9,15H2,1-3H3. The molecule has 1 rings (SSSR count). The van der Waals surface area contributed by atoms with Crippen LogP contribution in [0.1, 0.15) is 47.7 Å². The molecular weight excluding hydrogens is 198 g/mol. The average molecular weight is 219 g/mol. The number of hydrogen-bond acceptors (Lipinski definition) is 2. The van der Waals surface area contributed by atoms with Gasteiger partial charge in [0.25, 0.3) is 0 Å². The Bertz CT molecular complexity index is 371. The van der Waals surface area contributed by atoms with Gasteiger partial charge in [-0.05, 0) is 31.4 Å². The third kappa shape index (κ3) is 3.17. The van der Waals surface area contributed by atoms with Crippen molar-refractivity contribution in [2.24, 2.45) is 5.73 Å². The number of carbonyl (C=O) groups is 1. The Morgan fingerprint density at radius 2 is 2.06 bits per heavy atom. The number of Topliss-reactive ketones (excluding diaryl/α,β-unsaturated/α-hetero) is 1. The highest BCUT2D eigenvalue weighted by molar-refractivity contribution is 5.98. The molecule has 0 saturated carbocycles. The van der Waals surface area contributed by atoms with Gasteiger partial charge in [-0.25, -0.2) is 0 Å². The Morgan fingerprint density at radius 1 is 1.38 bits per heavy atom. The van der Waals surface area contributed by atoms with E-state index in [1.54, 1.807) is 0 Å². The number of benzene rings is 1. The molecule has 1 atom stereocenters. The van der Waals surface area contributed by atoms with E-state index in [0.717, 1.165) is 29.5 Å². The van der Waals surface area contributed by atoms with Crippen molar-refractivity contribution in [3.8, 4) is 0 Å². The molecule has 0 aliphatic heterocycles. The van der Waals surface area contributed by atoms with Gasteiger partial charge in [0.05, 0.1) is 0 Å². The zero-order valence-corrected chi connectivity index (χ0v) is 10.4. The normalized spacial score (nSPS) is 12.5. The second-order valence-electron chi connectivity index (χ2n) is 4.42. The maximum atomic E-state index is 12.0. The Balaban J connectivity index is 2.77. The van der Waals surface area contributed by atoms with Crippen molar-refractivity contribution in [2.45, 2.75) is 46.1 Å². The molecule has 0 bridgehead atoms. The fourth-order valence-corrected chi connectivity index (χ4v) is 1.87. The zero-order chi connectivity index (χ0) is 12.1. The minimum absolute atomic E-state index is 0.00240. The van der Waals surface area contributed by atoms with E-state index in [1.165, 1.54) is 0 Å². The van der Waals surface area contributed by atoms with E-state index in [2.05, 4.69) is 6.92 Å². The molecule has 0 fully saturated rings. The number of hydrogen-bond donors (Lipinski definition) is 1. The molecule has 1 unspecified atom stereocenters. The quantitative estimate of drug-likeness (QED) is 0.774. The van der Waals surface area contributed by atoms with Crippen LogP contribution in [-0.2, 0) is 0 Å². The van der Waals surface area contributed by atoms with Gasteiger partial charge < -0.3 is 5.73 Å². The summed E-state index contributed by atoms with van der Waals surface area (Å²) in [7, 11) is 0. The fourth-order valence-electron chi connectivity index (χ4n) is 1.87. The largest absolute Gasteiger partial charge is 0.327 e. The van der Waals surface area contributed by atoms with Crippen LogP contribution in [0.2, 0.25) is 0 Å². The molecule has 0 heterocycles. The molecule has 1 aromatic carbocycles. The first-order valence-corrected chi connectivity index (χ1v) is 5.91. The van der Waals surface area contributed by atoms with E-state index in [0.29, 0.717) is 6.42 Å². The van der Waals surface area contributed by atoms with E-state index in [9.17, 15) is 4.79 Å². The van der Waals surface area contributed by atoms with Crippen LogP contribution in [0.15, 0.2) is 18.2 Å². The first-order valence-electron chi connectivity index (χ1n) is 5.91. The third-order valence-electron chi connectivity index (χ3n) is 3.01. The number of carbonyl (C=O) groups excluding carboxylic acids is 1. The summed E-state index contributed by atoms with van der Waals surface area (Å²) in [5, 5.41) is 0. The van der Waals surface area contributed by atoms with Crippen LogP contribution in [0.25, 0.3) is 0 Å². The molecule has 2 nitrogen and oxygen atoms in total. The van der Waals surface area contributed by atoms with Gasteiger partial charge >= 0.3 is 0 Å². The summed E-state index contributed by atoms with van der Waals surface area (Å²) in [6.45, 7) is 6.11. The van der Waals surface area contributed by atoms with Crippen molar-refractivity contribution < 1.29 is 4.79 Å². The van der Waals surface area contributed by atoms with Crippen molar-refractivity contribution in [3.63, 3.8) is 0 Å². The Labute approximate surface area is 97.9 Å². The summed E-state index contributed by atoms with van der Waals surface area (Å²) in [6.07, 6.45) is 2.40. The van der Waals surface area contributed by atoms with Crippen LogP contribution < -0.4 is 5.73 Å². The fraction of sp³-hybridized carbons (Fsp3) is 0.500. The zero-order valence-electron chi connectivity index (χ0n) is 10.4. The van der Waals surface area contributed by atoms with E-state index >= 15 is 0 Å². The molecule has 0 amide bonds. The third-order valence-corrected chi connectivity index (χ3v) is 3.01. The molecule has 2 N–H and O–H groups in total. The van der Waals surface area contributed by atoms with Crippen LogP contribution in [0.4, 0.5) is 0 Å². The van der Waals surface area contributed by atoms with Gasteiger partial charge in [0.15, 0.2) is 5.78 Å².